The first-order valence-electron chi connectivity index (χ1n) is 10.3. The average molecular weight is 415 g/mol. The zero-order valence-corrected chi connectivity index (χ0v) is 17.8. The molecule has 0 saturated carbocycles. The molecule has 1 aromatic heterocycles. The molecule has 30 heavy (non-hydrogen) atoms. The van der Waals surface area contributed by atoms with Crippen molar-refractivity contribution in [3.05, 3.63) is 23.9 Å². The quantitative estimate of drug-likeness (QED) is 0.562. The van der Waals surface area contributed by atoms with E-state index < -0.39 is 6.29 Å². The van der Waals surface area contributed by atoms with Crippen molar-refractivity contribution >= 4 is 28.7 Å². The summed E-state index contributed by atoms with van der Waals surface area (Å²) >= 11 is 0. The van der Waals surface area contributed by atoms with Gasteiger partial charge in [0.1, 0.15) is 5.75 Å². The summed E-state index contributed by atoms with van der Waals surface area (Å²) in [4.78, 5) is 33.2. The van der Waals surface area contributed by atoms with Crippen molar-refractivity contribution in [2.24, 2.45) is 5.92 Å². The van der Waals surface area contributed by atoms with Crippen molar-refractivity contribution in [1.82, 2.24) is 20.6 Å². The van der Waals surface area contributed by atoms with Gasteiger partial charge in [-0.15, -0.1) is 0 Å². The predicted molar refractivity (Wildman–Crippen MR) is 113 cm³/mol. The number of hydrogen-bond donors (Lipinski definition) is 3. The number of carbonyl (C=O) groups is 2. The van der Waals surface area contributed by atoms with Crippen molar-refractivity contribution in [3.8, 4) is 5.75 Å². The lowest BCUT2D eigenvalue weighted by molar-refractivity contribution is -0.143. The van der Waals surface area contributed by atoms with E-state index in [4.69, 9.17) is 9.47 Å². The van der Waals surface area contributed by atoms with Gasteiger partial charge in [-0.1, -0.05) is 0 Å². The number of aryl methyl sites for hydroxylation is 1. The summed E-state index contributed by atoms with van der Waals surface area (Å²) in [6, 6.07) is 5.57. The minimum absolute atomic E-state index is 0.123. The molecule has 1 aromatic carbocycles. The average Bonchev–Trinajstić information content (AvgIpc) is 2.68. The standard InChI is InChI=1S/C21H29N5O4/c1-5-29-14-7-9-17-16(11-14)13(4)23-20(24-17)26-21-22-12(3)15(19(28)25-21)8-10-18(27)30-6-2/h7,9,11-12,15,21-22H,5-6,8,10H2,1-4H3,(H,25,28)(H,23,24,26). The summed E-state index contributed by atoms with van der Waals surface area (Å²) in [5, 5.41) is 10.2. The van der Waals surface area contributed by atoms with Crippen molar-refractivity contribution in [2.45, 2.75) is 52.9 Å². The summed E-state index contributed by atoms with van der Waals surface area (Å²) < 4.78 is 10.5. The van der Waals surface area contributed by atoms with Gasteiger partial charge in [-0.25, -0.2) is 9.97 Å². The fraction of sp³-hybridized carbons (Fsp3) is 0.524. The molecule has 1 aliphatic rings. The van der Waals surface area contributed by atoms with Crippen molar-refractivity contribution in [3.63, 3.8) is 0 Å². The normalized spacial score (nSPS) is 21.2. The minimum Gasteiger partial charge on any atom is -0.494 e. The Bertz CT molecular complexity index is 920. The van der Waals surface area contributed by atoms with Crippen LogP contribution in [0.3, 0.4) is 0 Å². The molecule has 1 fully saturated rings. The maximum atomic E-state index is 12.6. The molecular weight excluding hydrogens is 386 g/mol. The van der Waals surface area contributed by atoms with Crippen LogP contribution in [0, 0.1) is 12.8 Å². The van der Waals surface area contributed by atoms with Gasteiger partial charge in [-0.3, -0.25) is 14.9 Å². The van der Waals surface area contributed by atoms with E-state index in [1.54, 1.807) is 6.92 Å². The molecule has 0 aliphatic carbocycles. The Morgan fingerprint density at radius 1 is 1.23 bits per heavy atom. The molecule has 3 unspecified atom stereocenters. The van der Waals surface area contributed by atoms with Crippen LogP contribution in [0.1, 0.15) is 39.3 Å². The van der Waals surface area contributed by atoms with Gasteiger partial charge >= 0.3 is 5.97 Å². The van der Waals surface area contributed by atoms with Crippen LogP contribution in [0.4, 0.5) is 5.95 Å². The Hall–Kier alpha value is -2.94. The Labute approximate surface area is 175 Å². The van der Waals surface area contributed by atoms with E-state index in [1.807, 2.05) is 39.0 Å². The molecule has 3 N–H and O–H groups in total. The highest BCUT2D eigenvalue weighted by molar-refractivity contribution is 5.84. The van der Waals surface area contributed by atoms with Crippen LogP contribution in [-0.2, 0) is 14.3 Å². The van der Waals surface area contributed by atoms with E-state index in [-0.39, 0.29) is 30.3 Å². The number of nitrogens with one attached hydrogen (secondary N) is 3. The van der Waals surface area contributed by atoms with E-state index in [0.717, 1.165) is 22.3 Å². The predicted octanol–water partition coefficient (Wildman–Crippen LogP) is 2.10. The van der Waals surface area contributed by atoms with Gasteiger partial charge in [0.15, 0.2) is 6.29 Å². The summed E-state index contributed by atoms with van der Waals surface area (Å²) in [6.45, 7) is 8.47. The zero-order chi connectivity index (χ0) is 21.7. The van der Waals surface area contributed by atoms with E-state index in [9.17, 15) is 9.59 Å². The van der Waals surface area contributed by atoms with Crippen molar-refractivity contribution < 1.29 is 19.1 Å². The summed E-state index contributed by atoms with van der Waals surface area (Å²) in [5.74, 6) is 0.469. The molecule has 1 amide bonds. The lowest BCUT2D eigenvalue weighted by Crippen LogP contribution is -2.63. The highest BCUT2D eigenvalue weighted by Gasteiger charge is 2.33. The van der Waals surface area contributed by atoms with Gasteiger partial charge in [0.2, 0.25) is 11.9 Å². The SMILES string of the molecule is CCOC(=O)CCC1C(=O)NC(Nc2nc(C)c3cc(OCC)ccc3n2)NC1C. The third kappa shape index (κ3) is 5.15. The largest absolute Gasteiger partial charge is 0.494 e. The maximum Gasteiger partial charge on any atom is 0.305 e. The first kappa shape index (κ1) is 21.8. The van der Waals surface area contributed by atoms with Gasteiger partial charge in [-0.2, -0.15) is 0 Å². The van der Waals surface area contributed by atoms with Gasteiger partial charge in [-0.05, 0) is 52.3 Å². The minimum atomic E-state index is -0.508. The third-order valence-electron chi connectivity index (χ3n) is 5.06. The fourth-order valence-corrected chi connectivity index (χ4v) is 3.57. The van der Waals surface area contributed by atoms with E-state index in [1.165, 1.54) is 0 Å². The van der Waals surface area contributed by atoms with E-state index >= 15 is 0 Å². The van der Waals surface area contributed by atoms with Crippen molar-refractivity contribution in [2.75, 3.05) is 18.5 Å². The molecule has 2 heterocycles. The number of carbonyl (C=O) groups excluding carboxylic acids is 2. The Balaban J connectivity index is 1.65. The second kappa shape index (κ2) is 9.71. The maximum absolute atomic E-state index is 12.6. The number of hydrogen-bond acceptors (Lipinski definition) is 8. The van der Waals surface area contributed by atoms with Crippen LogP contribution < -0.4 is 20.7 Å². The molecule has 9 heteroatoms. The molecule has 3 atom stereocenters. The zero-order valence-electron chi connectivity index (χ0n) is 17.8. The number of aromatic nitrogens is 2. The van der Waals surface area contributed by atoms with E-state index in [2.05, 4.69) is 25.9 Å². The molecule has 1 saturated heterocycles. The van der Waals surface area contributed by atoms with Crippen LogP contribution in [0.5, 0.6) is 5.75 Å². The molecule has 2 aromatic rings. The topological polar surface area (TPSA) is 114 Å². The molecule has 162 valence electrons. The van der Waals surface area contributed by atoms with Crippen LogP contribution in [0.2, 0.25) is 0 Å². The Morgan fingerprint density at radius 2 is 2.03 bits per heavy atom. The molecule has 3 rings (SSSR count). The second-order valence-corrected chi connectivity index (χ2v) is 7.24. The third-order valence-corrected chi connectivity index (χ3v) is 5.06. The number of amides is 1. The van der Waals surface area contributed by atoms with Crippen LogP contribution in [0.15, 0.2) is 18.2 Å². The number of benzene rings is 1. The first-order valence-corrected chi connectivity index (χ1v) is 10.3. The van der Waals surface area contributed by atoms with E-state index in [0.29, 0.717) is 25.6 Å². The molecule has 0 spiro atoms. The second-order valence-electron chi connectivity index (χ2n) is 7.24. The number of nitrogens with zero attached hydrogens (tertiary/aromatic N) is 2. The van der Waals surface area contributed by atoms with Gasteiger partial charge < -0.3 is 20.1 Å². The molecule has 0 bridgehead atoms. The van der Waals surface area contributed by atoms with Gasteiger partial charge in [0, 0.05) is 17.8 Å². The highest BCUT2D eigenvalue weighted by Crippen LogP contribution is 2.23. The molecule has 1 aliphatic heterocycles. The van der Waals surface area contributed by atoms with Gasteiger partial charge in [0.05, 0.1) is 30.3 Å². The smallest absolute Gasteiger partial charge is 0.305 e. The Morgan fingerprint density at radius 3 is 2.73 bits per heavy atom. The van der Waals surface area contributed by atoms with Crippen LogP contribution >= 0.6 is 0 Å². The fourth-order valence-electron chi connectivity index (χ4n) is 3.57. The number of anilines is 1. The lowest BCUT2D eigenvalue weighted by Gasteiger charge is -2.35. The number of ether oxygens (including phenoxy) is 2. The molecule has 0 radical (unpaired) electrons. The van der Waals surface area contributed by atoms with Crippen molar-refractivity contribution in [1.29, 1.82) is 0 Å². The van der Waals surface area contributed by atoms with Gasteiger partial charge in [0.25, 0.3) is 0 Å². The highest BCUT2D eigenvalue weighted by atomic mass is 16.5. The number of fused-ring (bicyclic) bond motifs is 1. The van der Waals surface area contributed by atoms with Crippen LogP contribution in [-0.4, -0.2) is 47.4 Å². The van der Waals surface area contributed by atoms with Crippen LogP contribution in [0.25, 0.3) is 10.9 Å². The lowest BCUT2D eigenvalue weighted by atomic mass is 9.93. The summed E-state index contributed by atoms with van der Waals surface area (Å²) in [6.07, 6.45) is 0.136. The number of rotatable bonds is 8. The summed E-state index contributed by atoms with van der Waals surface area (Å²) in [5.41, 5.74) is 1.60. The first-order chi connectivity index (χ1) is 14.4. The summed E-state index contributed by atoms with van der Waals surface area (Å²) in [7, 11) is 0. The Kier molecular flexibility index (Phi) is 7.04. The molecule has 9 nitrogen and oxygen atoms in total. The number of esters is 1. The molecular formula is C21H29N5O4. The monoisotopic (exact) mass is 415 g/mol.